The van der Waals surface area contributed by atoms with Crippen molar-refractivity contribution >= 4 is 35.2 Å². The smallest absolute Gasteiger partial charge is 0.261 e. The van der Waals surface area contributed by atoms with Gasteiger partial charge in [-0.1, -0.05) is 0 Å². The second kappa shape index (κ2) is 8.80. The highest BCUT2D eigenvalue weighted by Gasteiger charge is 2.37. The molecule has 1 aromatic rings. The highest BCUT2D eigenvalue weighted by atomic mass is 35.5. The van der Waals surface area contributed by atoms with Crippen molar-refractivity contribution in [1.29, 1.82) is 0 Å². The average molecular weight is 380 g/mol. The maximum absolute atomic E-state index is 12.4. The molecule has 0 saturated carbocycles. The lowest BCUT2D eigenvalue weighted by atomic mass is 10.1. The Bertz CT molecular complexity index is 733. The zero-order valence-electron chi connectivity index (χ0n) is 14.8. The Kier molecular flexibility index (Phi) is 6.74. The maximum atomic E-state index is 12.4. The van der Waals surface area contributed by atoms with E-state index in [0.717, 1.165) is 0 Å². The van der Waals surface area contributed by atoms with Crippen LogP contribution in [0.3, 0.4) is 0 Å². The van der Waals surface area contributed by atoms with Gasteiger partial charge in [0.25, 0.3) is 17.7 Å². The Morgan fingerprint density at radius 2 is 1.73 bits per heavy atom. The number of fused-ring (bicyclic) bond motifs is 1. The molecule has 0 aromatic heterocycles. The molecule has 140 valence electrons. The zero-order valence-corrected chi connectivity index (χ0v) is 15.6. The minimum Gasteiger partial charge on any atom is -0.354 e. The van der Waals surface area contributed by atoms with Gasteiger partial charge in [0.1, 0.15) is 0 Å². The molecule has 0 fully saturated rings. The minimum atomic E-state index is -0.388. The van der Waals surface area contributed by atoms with E-state index in [1.54, 1.807) is 13.8 Å². The quantitative estimate of drug-likeness (QED) is 0.407. The van der Waals surface area contributed by atoms with E-state index in [4.69, 9.17) is 11.6 Å². The molecule has 0 radical (unpaired) electrons. The summed E-state index contributed by atoms with van der Waals surface area (Å²) in [6.07, 6.45) is 0.958. The molecule has 1 heterocycles. The summed E-state index contributed by atoms with van der Waals surface area (Å²) in [6.45, 7) is 4.08. The maximum Gasteiger partial charge on any atom is 0.261 e. The van der Waals surface area contributed by atoms with Crippen LogP contribution in [-0.2, 0) is 4.79 Å². The lowest BCUT2D eigenvalue weighted by Gasteiger charge is -2.17. The first-order chi connectivity index (χ1) is 12.4. The van der Waals surface area contributed by atoms with Gasteiger partial charge in [0, 0.05) is 37.0 Å². The van der Waals surface area contributed by atoms with E-state index in [0.29, 0.717) is 36.4 Å². The molecule has 2 rings (SSSR count). The number of halogens is 1. The van der Waals surface area contributed by atoms with Crippen LogP contribution < -0.4 is 10.6 Å². The second-order valence-corrected chi connectivity index (χ2v) is 6.61. The number of alkyl halides is 1. The van der Waals surface area contributed by atoms with E-state index in [9.17, 15) is 19.2 Å². The number of carbonyl (C=O) groups is 4. The van der Waals surface area contributed by atoms with Crippen LogP contribution in [0.4, 0.5) is 0 Å². The Hall–Kier alpha value is -2.41. The van der Waals surface area contributed by atoms with Gasteiger partial charge < -0.3 is 10.6 Å². The number of carbonyl (C=O) groups excluding carboxylic acids is 4. The van der Waals surface area contributed by atoms with E-state index in [2.05, 4.69) is 10.6 Å². The Labute approximate surface area is 157 Å². The number of benzene rings is 1. The number of rotatable bonds is 8. The van der Waals surface area contributed by atoms with Crippen molar-refractivity contribution < 1.29 is 19.2 Å². The number of amides is 4. The van der Waals surface area contributed by atoms with E-state index >= 15 is 0 Å². The summed E-state index contributed by atoms with van der Waals surface area (Å²) in [5.74, 6) is -0.785. The van der Waals surface area contributed by atoms with Gasteiger partial charge in [-0.3, -0.25) is 24.1 Å². The van der Waals surface area contributed by atoms with Crippen LogP contribution in [0.1, 0.15) is 57.8 Å². The number of nitrogens with zero attached hydrogens (tertiary/aromatic N) is 1. The molecule has 0 unspecified atom stereocenters. The highest BCUT2D eigenvalue weighted by Crippen LogP contribution is 2.25. The first-order valence-electron chi connectivity index (χ1n) is 8.49. The van der Waals surface area contributed by atoms with Gasteiger partial charge in [-0.2, -0.15) is 0 Å². The average Bonchev–Trinajstić information content (AvgIpc) is 2.87. The molecule has 8 heteroatoms. The molecule has 7 nitrogen and oxygen atoms in total. The normalized spacial score (nSPS) is 13.2. The third kappa shape index (κ3) is 4.40. The van der Waals surface area contributed by atoms with Crippen LogP contribution in [0, 0.1) is 0 Å². The third-order valence-corrected chi connectivity index (χ3v) is 4.23. The molecule has 0 atom stereocenters. The summed E-state index contributed by atoms with van der Waals surface area (Å²) in [5.41, 5.74) is 0.849. The SMILES string of the molecule is CC(C)N1C(=O)c2ccc(C(=O)NCCNC(=O)CCCCl)cc2C1=O. The molecule has 2 N–H and O–H groups in total. The van der Waals surface area contributed by atoms with Crippen molar-refractivity contribution in [3.63, 3.8) is 0 Å². The van der Waals surface area contributed by atoms with Crippen LogP contribution in [0.5, 0.6) is 0 Å². The second-order valence-electron chi connectivity index (χ2n) is 6.23. The number of hydrogen-bond acceptors (Lipinski definition) is 4. The van der Waals surface area contributed by atoms with Gasteiger partial charge >= 0.3 is 0 Å². The van der Waals surface area contributed by atoms with Crippen molar-refractivity contribution in [3.05, 3.63) is 34.9 Å². The first-order valence-corrected chi connectivity index (χ1v) is 9.03. The van der Waals surface area contributed by atoms with E-state index in [-0.39, 0.29) is 41.8 Å². The summed E-state index contributed by atoms with van der Waals surface area (Å²) >= 11 is 5.52. The molecule has 1 aromatic carbocycles. The van der Waals surface area contributed by atoms with E-state index in [1.165, 1.54) is 23.1 Å². The van der Waals surface area contributed by atoms with E-state index in [1.807, 2.05) is 0 Å². The van der Waals surface area contributed by atoms with Crippen molar-refractivity contribution in [2.75, 3.05) is 19.0 Å². The van der Waals surface area contributed by atoms with Gasteiger partial charge in [-0.25, -0.2) is 0 Å². The number of imide groups is 1. The Balaban J connectivity index is 1.93. The topological polar surface area (TPSA) is 95.6 Å². The van der Waals surface area contributed by atoms with Crippen molar-refractivity contribution in [1.82, 2.24) is 15.5 Å². The fraction of sp³-hybridized carbons (Fsp3) is 0.444. The molecule has 0 aliphatic carbocycles. The van der Waals surface area contributed by atoms with Gasteiger partial charge in [0.15, 0.2) is 0 Å². The van der Waals surface area contributed by atoms with Crippen LogP contribution >= 0.6 is 11.6 Å². The predicted octanol–water partition coefficient (Wildman–Crippen LogP) is 1.56. The molecular weight excluding hydrogens is 358 g/mol. The summed E-state index contributed by atoms with van der Waals surface area (Å²) in [7, 11) is 0. The predicted molar refractivity (Wildman–Crippen MR) is 97.4 cm³/mol. The number of hydrogen-bond donors (Lipinski definition) is 2. The van der Waals surface area contributed by atoms with Crippen LogP contribution in [-0.4, -0.2) is 53.5 Å². The van der Waals surface area contributed by atoms with Crippen LogP contribution in [0.2, 0.25) is 0 Å². The third-order valence-electron chi connectivity index (χ3n) is 3.97. The lowest BCUT2D eigenvalue weighted by molar-refractivity contribution is -0.121. The van der Waals surface area contributed by atoms with Crippen LogP contribution in [0.25, 0.3) is 0 Å². The highest BCUT2D eigenvalue weighted by molar-refractivity contribution is 6.22. The molecule has 0 spiro atoms. The zero-order chi connectivity index (χ0) is 19.3. The van der Waals surface area contributed by atoms with E-state index < -0.39 is 0 Å². The summed E-state index contributed by atoms with van der Waals surface area (Å²) in [6, 6.07) is 4.21. The molecule has 1 aliphatic rings. The summed E-state index contributed by atoms with van der Waals surface area (Å²) in [5, 5.41) is 5.35. The monoisotopic (exact) mass is 379 g/mol. The van der Waals surface area contributed by atoms with Crippen molar-refractivity contribution in [3.8, 4) is 0 Å². The molecular formula is C18H22ClN3O4. The van der Waals surface area contributed by atoms with Gasteiger partial charge in [0.05, 0.1) is 11.1 Å². The standard InChI is InChI=1S/C18H22ClN3O4/c1-11(2)22-17(25)13-6-5-12(10-14(13)18(22)26)16(24)21-9-8-20-15(23)4-3-7-19/h5-6,10-11H,3-4,7-9H2,1-2H3,(H,20,23)(H,21,24). The molecule has 4 amide bonds. The molecule has 26 heavy (non-hydrogen) atoms. The molecule has 1 aliphatic heterocycles. The van der Waals surface area contributed by atoms with Crippen molar-refractivity contribution in [2.45, 2.75) is 32.7 Å². The minimum absolute atomic E-state index is 0.115. The fourth-order valence-corrected chi connectivity index (χ4v) is 2.80. The largest absolute Gasteiger partial charge is 0.354 e. The fourth-order valence-electron chi connectivity index (χ4n) is 2.67. The van der Waals surface area contributed by atoms with Gasteiger partial charge in [-0.05, 0) is 38.5 Å². The molecule has 0 bridgehead atoms. The summed E-state index contributed by atoms with van der Waals surface area (Å²) < 4.78 is 0. The summed E-state index contributed by atoms with van der Waals surface area (Å²) in [4.78, 5) is 49.4. The van der Waals surface area contributed by atoms with Crippen LogP contribution in [0.15, 0.2) is 18.2 Å². The lowest BCUT2D eigenvalue weighted by Crippen LogP contribution is -2.36. The number of nitrogens with one attached hydrogen (secondary N) is 2. The molecule has 0 saturated heterocycles. The van der Waals surface area contributed by atoms with Crippen molar-refractivity contribution in [2.24, 2.45) is 0 Å². The Morgan fingerprint density at radius 1 is 1.08 bits per heavy atom. The van der Waals surface area contributed by atoms with Gasteiger partial charge in [-0.15, -0.1) is 11.6 Å². The first kappa shape index (κ1) is 19.9. The van der Waals surface area contributed by atoms with Gasteiger partial charge in [0.2, 0.25) is 5.91 Å². The Morgan fingerprint density at radius 3 is 2.38 bits per heavy atom.